The number of rotatable bonds is 3. The Labute approximate surface area is 119 Å². The lowest BCUT2D eigenvalue weighted by atomic mass is 10.00. The Hall–Kier alpha value is -0.430. The van der Waals surface area contributed by atoms with Gasteiger partial charge in [-0.1, -0.05) is 6.42 Å². The molecule has 0 aliphatic carbocycles. The van der Waals surface area contributed by atoms with Crippen LogP contribution in [-0.4, -0.2) is 31.4 Å². The summed E-state index contributed by atoms with van der Waals surface area (Å²) in [5.41, 5.74) is 5.97. The molecule has 1 aromatic rings. The molecule has 2 heterocycles. The predicted molar refractivity (Wildman–Crippen MR) is 79.0 cm³/mol. The summed E-state index contributed by atoms with van der Waals surface area (Å²) in [5, 5.41) is 0. The molecule has 0 radical (unpaired) electrons. The number of sulfonamides is 1. The van der Waals surface area contributed by atoms with Crippen molar-refractivity contribution in [1.29, 1.82) is 0 Å². The van der Waals surface area contributed by atoms with Crippen molar-refractivity contribution in [3.63, 3.8) is 0 Å². The van der Waals surface area contributed by atoms with E-state index in [1.54, 1.807) is 10.4 Å². The average Bonchev–Trinajstić information content (AvgIpc) is 2.69. The molecule has 1 aromatic heterocycles. The molecule has 2 N–H and O–H groups in total. The summed E-state index contributed by atoms with van der Waals surface area (Å²) in [7, 11) is -3.40. The van der Waals surface area contributed by atoms with Gasteiger partial charge in [-0.05, 0) is 39.7 Å². The number of hydrogen-bond donors (Lipinski definition) is 1. The first-order chi connectivity index (χ1) is 8.84. The van der Waals surface area contributed by atoms with Crippen LogP contribution in [0.25, 0.3) is 0 Å². The highest BCUT2D eigenvalue weighted by Gasteiger charge is 2.36. The van der Waals surface area contributed by atoms with Crippen molar-refractivity contribution < 1.29 is 8.42 Å². The van der Waals surface area contributed by atoms with Gasteiger partial charge >= 0.3 is 0 Å². The third kappa shape index (κ3) is 2.86. The molecule has 0 amide bonds. The SMILES string of the molecule is Cc1cc(S(=O)(=O)N2CCCCC2C(C)N)c(C)s1. The van der Waals surface area contributed by atoms with Crippen LogP contribution in [0.4, 0.5) is 0 Å². The second-order valence-electron chi connectivity index (χ2n) is 5.32. The highest BCUT2D eigenvalue weighted by Crippen LogP contribution is 2.31. The molecule has 108 valence electrons. The van der Waals surface area contributed by atoms with Crippen molar-refractivity contribution in [1.82, 2.24) is 4.31 Å². The number of nitrogens with two attached hydrogens (primary N) is 1. The van der Waals surface area contributed by atoms with E-state index in [1.165, 1.54) is 11.3 Å². The van der Waals surface area contributed by atoms with Crippen molar-refractivity contribution in [2.45, 2.75) is 57.0 Å². The number of thiophene rings is 1. The van der Waals surface area contributed by atoms with Gasteiger partial charge in [0.05, 0.1) is 4.90 Å². The van der Waals surface area contributed by atoms with Gasteiger partial charge < -0.3 is 5.73 Å². The molecular weight excluding hydrogens is 280 g/mol. The molecule has 1 fully saturated rings. The quantitative estimate of drug-likeness (QED) is 0.931. The Morgan fingerprint density at radius 3 is 2.63 bits per heavy atom. The molecule has 1 aliphatic heterocycles. The lowest BCUT2D eigenvalue weighted by Crippen LogP contribution is -2.51. The normalized spacial score (nSPS) is 23.5. The Kier molecular flexibility index (Phi) is 4.35. The molecule has 2 unspecified atom stereocenters. The maximum atomic E-state index is 12.8. The van der Waals surface area contributed by atoms with E-state index in [9.17, 15) is 8.42 Å². The topological polar surface area (TPSA) is 63.4 Å². The molecule has 0 spiro atoms. The monoisotopic (exact) mass is 302 g/mol. The summed E-state index contributed by atoms with van der Waals surface area (Å²) in [5.74, 6) is 0. The fraction of sp³-hybridized carbons (Fsp3) is 0.692. The van der Waals surface area contributed by atoms with Crippen LogP contribution in [0.1, 0.15) is 35.9 Å². The van der Waals surface area contributed by atoms with Crippen LogP contribution in [0, 0.1) is 13.8 Å². The van der Waals surface area contributed by atoms with Gasteiger partial charge in [0, 0.05) is 28.4 Å². The summed E-state index contributed by atoms with van der Waals surface area (Å²) in [6.07, 6.45) is 2.84. The number of nitrogens with zero attached hydrogens (tertiary/aromatic N) is 1. The zero-order valence-corrected chi connectivity index (χ0v) is 13.4. The van der Waals surface area contributed by atoms with Crippen LogP contribution in [0.3, 0.4) is 0 Å². The summed E-state index contributed by atoms with van der Waals surface area (Å²) in [6.45, 7) is 6.29. The fourth-order valence-electron chi connectivity index (χ4n) is 2.74. The van der Waals surface area contributed by atoms with E-state index in [4.69, 9.17) is 5.73 Å². The van der Waals surface area contributed by atoms with Crippen molar-refractivity contribution in [2.75, 3.05) is 6.54 Å². The minimum Gasteiger partial charge on any atom is -0.326 e. The van der Waals surface area contributed by atoms with Crippen LogP contribution in [0.5, 0.6) is 0 Å². The van der Waals surface area contributed by atoms with E-state index in [2.05, 4.69) is 0 Å². The molecule has 1 saturated heterocycles. The molecule has 19 heavy (non-hydrogen) atoms. The van der Waals surface area contributed by atoms with Crippen molar-refractivity contribution in [3.8, 4) is 0 Å². The predicted octanol–water partition coefficient (Wildman–Crippen LogP) is 2.26. The zero-order chi connectivity index (χ0) is 14.2. The van der Waals surface area contributed by atoms with Crippen LogP contribution in [0.2, 0.25) is 0 Å². The smallest absolute Gasteiger partial charge is 0.244 e. The van der Waals surface area contributed by atoms with Crippen LogP contribution in [0.15, 0.2) is 11.0 Å². The van der Waals surface area contributed by atoms with Crippen LogP contribution >= 0.6 is 11.3 Å². The summed E-state index contributed by atoms with van der Waals surface area (Å²) in [6, 6.07) is 1.58. The van der Waals surface area contributed by atoms with Crippen molar-refractivity contribution in [3.05, 3.63) is 15.8 Å². The molecule has 2 atom stereocenters. The average molecular weight is 302 g/mol. The fourth-order valence-corrected chi connectivity index (χ4v) is 6.04. The first-order valence-electron chi connectivity index (χ1n) is 6.68. The third-order valence-electron chi connectivity index (χ3n) is 3.69. The molecular formula is C13H22N2O2S2. The first-order valence-corrected chi connectivity index (χ1v) is 8.94. The maximum absolute atomic E-state index is 12.8. The standard InChI is InChI=1S/C13H22N2O2S2/c1-9-8-13(11(3)18-9)19(16,17)15-7-5-4-6-12(15)10(2)14/h8,10,12H,4-7,14H2,1-3H3. The van der Waals surface area contributed by atoms with E-state index in [0.29, 0.717) is 11.4 Å². The highest BCUT2D eigenvalue weighted by molar-refractivity contribution is 7.89. The van der Waals surface area contributed by atoms with Gasteiger partial charge in [0.25, 0.3) is 0 Å². The molecule has 0 bridgehead atoms. The Bertz CT molecular complexity index is 549. The minimum atomic E-state index is -3.40. The van der Waals surface area contributed by atoms with E-state index < -0.39 is 10.0 Å². The van der Waals surface area contributed by atoms with Gasteiger partial charge in [0.1, 0.15) is 0 Å². The number of aryl methyl sites for hydroxylation is 2. The van der Waals surface area contributed by atoms with Crippen LogP contribution in [-0.2, 0) is 10.0 Å². The van der Waals surface area contributed by atoms with Crippen LogP contribution < -0.4 is 5.73 Å². The van der Waals surface area contributed by atoms with Crippen molar-refractivity contribution >= 4 is 21.4 Å². The van der Waals surface area contributed by atoms with Crippen molar-refractivity contribution in [2.24, 2.45) is 5.73 Å². The first kappa shape index (κ1) is 15.0. The summed E-state index contributed by atoms with van der Waals surface area (Å²) in [4.78, 5) is 2.36. The molecule has 4 nitrogen and oxygen atoms in total. The molecule has 0 aromatic carbocycles. The van der Waals surface area contributed by atoms with Gasteiger partial charge in [0.2, 0.25) is 10.0 Å². The highest BCUT2D eigenvalue weighted by atomic mass is 32.2. The Balaban J connectivity index is 2.40. The van der Waals surface area contributed by atoms with Gasteiger partial charge in [-0.25, -0.2) is 8.42 Å². The van der Waals surface area contributed by atoms with Gasteiger partial charge in [-0.2, -0.15) is 4.31 Å². The van der Waals surface area contributed by atoms with Gasteiger partial charge in [-0.15, -0.1) is 11.3 Å². The van der Waals surface area contributed by atoms with E-state index >= 15 is 0 Å². The lowest BCUT2D eigenvalue weighted by molar-refractivity contribution is 0.227. The Morgan fingerprint density at radius 2 is 2.11 bits per heavy atom. The largest absolute Gasteiger partial charge is 0.326 e. The van der Waals surface area contributed by atoms with Gasteiger partial charge in [-0.3, -0.25) is 0 Å². The molecule has 0 saturated carbocycles. The van der Waals surface area contributed by atoms with E-state index in [1.807, 2.05) is 20.8 Å². The second kappa shape index (κ2) is 5.52. The second-order valence-corrected chi connectivity index (χ2v) is 8.63. The van der Waals surface area contributed by atoms with E-state index in [0.717, 1.165) is 29.0 Å². The summed E-state index contributed by atoms with van der Waals surface area (Å²) >= 11 is 1.53. The van der Waals surface area contributed by atoms with Gasteiger partial charge in [0.15, 0.2) is 0 Å². The maximum Gasteiger partial charge on any atom is 0.244 e. The molecule has 1 aliphatic rings. The minimum absolute atomic E-state index is 0.0710. The third-order valence-corrected chi connectivity index (χ3v) is 6.83. The lowest BCUT2D eigenvalue weighted by Gasteiger charge is -2.36. The molecule has 6 heteroatoms. The summed E-state index contributed by atoms with van der Waals surface area (Å²) < 4.78 is 27.2. The molecule has 2 rings (SSSR count). The number of piperidine rings is 1. The zero-order valence-electron chi connectivity index (χ0n) is 11.7. The Morgan fingerprint density at radius 1 is 1.42 bits per heavy atom. The van der Waals surface area contributed by atoms with E-state index in [-0.39, 0.29) is 12.1 Å². The number of hydrogen-bond acceptors (Lipinski definition) is 4.